The van der Waals surface area contributed by atoms with E-state index in [9.17, 15) is 8.42 Å². The van der Waals surface area contributed by atoms with Crippen molar-refractivity contribution in [1.29, 1.82) is 0 Å². The van der Waals surface area contributed by atoms with Crippen molar-refractivity contribution in [2.45, 2.75) is 57.2 Å². The highest BCUT2D eigenvalue weighted by molar-refractivity contribution is 7.88. The molecule has 1 heterocycles. The molecule has 0 amide bonds. The van der Waals surface area contributed by atoms with Gasteiger partial charge in [-0.05, 0) is 56.3 Å². The molecule has 2 rings (SSSR count). The highest BCUT2D eigenvalue weighted by Gasteiger charge is 2.33. The number of halogens is 1. The third kappa shape index (κ3) is 4.35. The first-order chi connectivity index (χ1) is 9.40. The molecule has 0 bridgehead atoms. The average molecular weight is 322 g/mol. The molecule has 0 N–H and O–H groups in total. The van der Waals surface area contributed by atoms with Gasteiger partial charge in [-0.1, -0.05) is 13.3 Å². The molecule has 2 fully saturated rings. The van der Waals surface area contributed by atoms with Crippen LogP contribution in [0.2, 0.25) is 0 Å². The Morgan fingerprint density at radius 2 is 1.95 bits per heavy atom. The van der Waals surface area contributed by atoms with Gasteiger partial charge in [0.05, 0.1) is 6.26 Å². The highest BCUT2D eigenvalue weighted by atomic mass is 35.5. The zero-order valence-corrected chi connectivity index (χ0v) is 14.3. The second kappa shape index (κ2) is 6.97. The number of hydrogen-bond donors (Lipinski definition) is 0. The van der Waals surface area contributed by atoms with Crippen LogP contribution < -0.4 is 0 Å². The van der Waals surface area contributed by atoms with Gasteiger partial charge in [0.2, 0.25) is 10.0 Å². The first-order valence-corrected chi connectivity index (χ1v) is 10.3. The van der Waals surface area contributed by atoms with Crippen molar-refractivity contribution in [2.75, 3.05) is 19.3 Å². The van der Waals surface area contributed by atoms with Gasteiger partial charge in [0.15, 0.2) is 0 Å². The fourth-order valence-corrected chi connectivity index (χ4v) is 5.16. The van der Waals surface area contributed by atoms with Crippen LogP contribution in [0.25, 0.3) is 0 Å². The summed E-state index contributed by atoms with van der Waals surface area (Å²) in [5, 5.41) is 0.298. The third-order valence-electron chi connectivity index (χ3n) is 5.16. The van der Waals surface area contributed by atoms with Crippen LogP contribution in [-0.2, 0) is 10.0 Å². The van der Waals surface area contributed by atoms with Gasteiger partial charge in [0.25, 0.3) is 0 Å². The van der Waals surface area contributed by atoms with Crippen LogP contribution in [0.3, 0.4) is 0 Å². The SMILES string of the molecule is CCC1CCC(Cl)C(CC2CCCN(S(C)(=O)=O)C2)C1. The van der Waals surface area contributed by atoms with Gasteiger partial charge in [-0.15, -0.1) is 11.6 Å². The van der Waals surface area contributed by atoms with E-state index in [0.29, 0.717) is 30.3 Å². The van der Waals surface area contributed by atoms with Crippen molar-refractivity contribution < 1.29 is 8.42 Å². The number of alkyl halides is 1. The molecular weight excluding hydrogens is 294 g/mol. The van der Waals surface area contributed by atoms with Crippen LogP contribution in [-0.4, -0.2) is 37.4 Å². The van der Waals surface area contributed by atoms with Gasteiger partial charge in [0.1, 0.15) is 0 Å². The molecule has 0 aromatic carbocycles. The van der Waals surface area contributed by atoms with E-state index >= 15 is 0 Å². The fraction of sp³-hybridized carbons (Fsp3) is 1.00. The maximum Gasteiger partial charge on any atom is 0.211 e. The molecule has 118 valence electrons. The molecule has 4 atom stereocenters. The lowest BCUT2D eigenvalue weighted by Crippen LogP contribution is -2.40. The first kappa shape index (κ1) is 16.6. The van der Waals surface area contributed by atoms with Crippen molar-refractivity contribution in [3.05, 3.63) is 0 Å². The van der Waals surface area contributed by atoms with Crippen molar-refractivity contribution in [1.82, 2.24) is 4.31 Å². The molecule has 2 aliphatic rings. The highest BCUT2D eigenvalue weighted by Crippen LogP contribution is 2.39. The summed E-state index contributed by atoms with van der Waals surface area (Å²) in [6.07, 6.45) is 9.47. The molecule has 5 heteroatoms. The van der Waals surface area contributed by atoms with Crippen molar-refractivity contribution >= 4 is 21.6 Å². The predicted molar refractivity (Wildman–Crippen MR) is 84.5 cm³/mol. The Kier molecular flexibility index (Phi) is 5.78. The van der Waals surface area contributed by atoms with E-state index in [-0.39, 0.29) is 0 Å². The maximum atomic E-state index is 11.7. The van der Waals surface area contributed by atoms with E-state index in [1.165, 1.54) is 25.5 Å². The molecule has 0 aromatic heterocycles. The topological polar surface area (TPSA) is 37.4 Å². The van der Waals surface area contributed by atoms with Gasteiger partial charge < -0.3 is 0 Å². The molecule has 1 saturated heterocycles. The number of rotatable bonds is 4. The van der Waals surface area contributed by atoms with Crippen LogP contribution in [0.15, 0.2) is 0 Å². The molecular formula is C15H28ClNO2S. The molecule has 0 spiro atoms. The van der Waals surface area contributed by atoms with Gasteiger partial charge in [-0.2, -0.15) is 0 Å². The van der Waals surface area contributed by atoms with E-state index in [4.69, 9.17) is 11.6 Å². The summed E-state index contributed by atoms with van der Waals surface area (Å²) in [6, 6.07) is 0. The molecule has 1 saturated carbocycles. The van der Waals surface area contributed by atoms with E-state index < -0.39 is 10.0 Å². The minimum Gasteiger partial charge on any atom is -0.213 e. The standard InChI is InChI=1S/C15H28ClNO2S/c1-3-12-6-7-15(16)14(9-12)10-13-5-4-8-17(11-13)20(2,18)19/h12-15H,3-11H2,1-2H3. The molecule has 0 aromatic rings. The minimum atomic E-state index is -3.03. The molecule has 1 aliphatic carbocycles. The Balaban J connectivity index is 1.91. The van der Waals surface area contributed by atoms with E-state index in [2.05, 4.69) is 6.92 Å². The first-order valence-electron chi connectivity index (χ1n) is 7.99. The summed E-state index contributed by atoms with van der Waals surface area (Å²) < 4.78 is 25.0. The molecule has 20 heavy (non-hydrogen) atoms. The molecule has 0 radical (unpaired) electrons. The summed E-state index contributed by atoms with van der Waals surface area (Å²) in [7, 11) is -3.03. The smallest absolute Gasteiger partial charge is 0.211 e. The Labute approximate surface area is 129 Å². The van der Waals surface area contributed by atoms with Gasteiger partial charge >= 0.3 is 0 Å². The van der Waals surface area contributed by atoms with Crippen LogP contribution in [0.4, 0.5) is 0 Å². The van der Waals surface area contributed by atoms with E-state index in [1.807, 2.05) is 0 Å². The van der Waals surface area contributed by atoms with Crippen molar-refractivity contribution in [3.8, 4) is 0 Å². The van der Waals surface area contributed by atoms with Gasteiger partial charge in [-0.25, -0.2) is 12.7 Å². The van der Waals surface area contributed by atoms with Crippen LogP contribution in [0.5, 0.6) is 0 Å². The zero-order valence-electron chi connectivity index (χ0n) is 12.7. The Hall–Kier alpha value is 0.200. The predicted octanol–water partition coefficient (Wildman–Crippen LogP) is 3.48. The lowest BCUT2D eigenvalue weighted by molar-refractivity contribution is 0.185. The summed E-state index contributed by atoms with van der Waals surface area (Å²) in [5.74, 6) is 1.91. The summed E-state index contributed by atoms with van der Waals surface area (Å²) in [6.45, 7) is 3.67. The Morgan fingerprint density at radius 3 is 2.60 bits per heavy atom. The summed E-state index contributed by atoms with van der Waals surface area (Å²) >= 11 is 6.52. The van der Waals surface area contributed by atoms with Gasteiger partial charge in [-0.3, -0.25) is 0 Å². The molecule has 3 nitrogen and oxygen atoms in total. The lowest BCUT2D eigenvalue weighted by atomic mass is 9.75. The molecule has 1 aliphatic heterocycles. The quantitative estimate of drug-likeness (QED) is 0.743. The fourth-order valence-electron chi connectivity index (χ4n) is 3.89. The maximum absolute atomic E-state index is 11.7. The van der Waals surface area contributed by atoms with Crippen LogP contribution >= 0.6 is 11.6 Å². The van der Waals surface area contributed by atoms with Crippen molar-refractivity contribution in [3.63, 3.8) is 0 Å². The van der Waals surface area contributed by atoms with E-state index in [1.54, 1.807) is 4.31 Å². The second-order valence-electron chi connectivity index (χ2n) is 6.73. The lowest BCUT2D eigenvalue weighted by Gasteiger charge is -2.37. The van der Waals surface area contributed by atoms with Gasteiger partial charge in [0, 0.05) is 18.5 Å². The third-order valence-corrected chi connectivity index (χ3v) is 7.01. The normalized spacial score (nSPS) is 37.0. The summed E-state index contributed by atoms with van der Waals surface area (Å²) in [5.41, 5.74) is 0. The molecule has 4 unspecified atom stereocenters. The number of piperidine rings is 1. The zero-order chi connectivity index (χ0) is 14.8. The van der Waals surface area contributed by atoms with Crippen LogP contribution in [0.1, 0.15) is 51.9 Å². The number of sulfonamides is 1. The average Bonchev–Trinajstić information content (AvgIpc) is 2.41. The number of nitrogens with zero attached hydrogens (tertiary/aromatic N) is 1. The Bertz CT molecular complexity index is 412. The van der Waals surface area contributed by atoms with Crippen LogP contribution in [0, 0.1) is 17.8 Å². The minimum absolute atomic E-state index is 0.298. The summed E-state index contributed by atoms with van der Waals surface area (Å²) in [4.78, 5) is 0. The second-order valence-corrected chi connectivity index (χ2v) is 9.27. The Morgan fingerprint density at radius 1 is 1.20 bits per heavy atom. The van der Waals surface area contributed by atoms with E-state index in [0.717, 1.165) is 31.6 Å². The number of hydrogen-bond acceptors (Lipinski definition) is 2. The van der Waals surface area contributed by atoms with Crippen molar-refractivity contribution in [2.24, 2.45) is 17.8 Å². The monoisotopic (exact) mass is 321 g/mol. The largest absolute Gasteiger partial charge is 0.213 e.